The Labute approximate surface area is 179 Å². The van der Waals surface area contributed by atoms with Gasteiger partial charge in [-0.2, -0.15) is 0 Å². The Kier molecular flexibility index (Phi) is 7.97. The Morgan fingerprint density at radius 2 is 1.73 bits per heavy atom. The first-order chi connectivity index (χ1) is 14.7. The second kappa shape index (κ2) is 11.1. The van der Waals surface area contributed by atoms with E-state index in [1.165, 1.54) is 11.3 Å². The van der Waals surface area contributed by atoms with Crippen molar-refractivity contribution in [3.8, 4) is 17.0 Å². The lowest BCUT2D eigenvalue weighted by molar-refractivity contribution is -0.142. The van der Waals surface area contributed by atoms with Crippen LogP contribution in [0.5, 0.6) is 5.75 Å². The standard InChI is InChI=1S/C23H24N2O4S/c1-2-28-21(27)16-19-22(17-10-5-3-6-11-17)25-23(30-19)24-20(26)14-9-15-29-18-12-7-4-8-13-18/h3-8,10-13H,2,9,14-16H2,1H3,(H,24,25,26). The molecule has 30 heavy (non-hydrogen) atoms. The van der Waals surface area contributed by atoms with Gasteiger partial charge in [0, 0.05) is 16.9 Å². The molecule has 6 nitrogen and oxygen atoms in total. The second-order valence-electron chi connectivity index (χ2n) is 6.45. The molecule has 3 rings (SSSR count). The van der Waals surface area contributed by atoms with Crippen LogP contribution in [0.15, 0.2) is 60.7 Å². The Morgan fingerprint density at radius 1 is 1.03 bits per heavy atom. The van der Waals surface area contributed by atoms with Crippen LogP contribution < -0.4 is 10.1 Å². The molecule has 7 heteroatoms. The van der Waals surface area contributed by atoms with E-state index in [0.717, 1.165) is 16.2 Å². The highest BCUT2D eigenvalue weighted by molar-refractivity contribution is 7.16. The summed E-state index contributed by atoms with van der Waals surface area (Å²) in [4.78, 5) is 29.6. The lowest BCUT2D eigenvalue weighted by Crippen LogP contribution is -2.12. The third kappa shape index (κ3) is 6.42. The summed E-state index contributed by atoms with van der Waals surface area (Å²) in [5.41, 5.74) is 1.58. The zero-order valence-electron chi connectivity index (χ0n) is 16.8. The summed E-state index contributed by atoms with van der Waals surface area (Å²) in [6.07, 6.45) is 1.03. The van der Waals surface area contributed by atoms with Crippen LogP contribution in [0.1, 0.15) is 24.6 Å². The van der Waals surface area contributed by atoms with Gasteiger partial charge in [-0.1, -0.05) is 48.5 Å². The van der Waals surface area contributed by atoms with E-state index < -0.39 is 0 Å². The van der Waals surface area contributed by atoms with E-state index in [1.807, 2.05) is 60.7 Å². The minimum Gasteiger partial charge on any atom is -0.494 e. The third-order valence-corrected chi connectivity index (χ3v) is 5.13. The smallest absolute Gasteiger partial charge is 0.311 e. The number of carbonyl (C=O) groups excluding carboxylic acids is 2. The Hall–Kier alpha value is -3.19. The fourth-order valence-electron chi connectivity index (χ4n) is 2.81. The maximum atomic E-state index is 12.3. The molecule has 0 radical (unpaired) electrons. The number of para-hydroxylation sites is 1. The van der Waals surface area contributed by atoms with Crippen molar-refractivity contribution in [1.82, 2.24) is 4.98 Å². The number of nitrogens with zero attached hydrogens (tertiary/aromatic N) is 1. The maximum Gasteiger partial charge on any atom is 0.311 e. The number of carbonyl (C=O) groups is 2. The molecule has 0 spiro atoms. The van der Waals surface area contributed by atoms with E-state index in [9.17, 15) is 9.59 Å². The van der Waals surface area contributed by atoms with Crippen LogP contribution in [0, 0.1) is 0 Å². The largest absolute Gasteiger partial charge is 0.494 e. The highest BCUT2D eigenvalue weighted by Gasteiger charge is 2.18. The molecule has 1 heterocycles. The summed E-state index contributed by atoms with van der Waals surface area (Å²) in [5, 5.41) is 3.31. The van der Waals surface area contributed by atoms with E-state index in [4.69, 9.17) is 9.47 Å². The summed E-state index contributed by atoms with van der Waals surface area (Å²) in [7, 11) is 0. The third-order valence-electron chi connectivity index (χ3n) is 4.16. The van der Waals surface area contributed by atoms with Crippen molar-refractivity contribution in [2.45, 2.75) is 26.2 Å². The van der Waals surface area contributed by atoms with Crippen molar-refractivity contribution in [2.24, 2.45) is 0 Å². The van der Waals surface area contributed by atoms with Crippen LogP contribution in [0.3, 0.4) is 0 Å². The number of ether oxygens (including phenoxy) is 2. The highest BCUT2D eigenvalue weighted by atomic mass is 32.1. The van der Waals surface area contributed by atoms with Crippen molar-refractivity contribution in [3.63, 3.8) is 0 Å². The van der Waals surface area contributed by atoms with Crippen LogP contribution in [0.4, 0.5) is 5.13 Å². The molecule has 0 aliphatic rings. The molecule has 0 saturated heterocycles. The molecule has 1 aromatic heterocycles. The van der Waals surface area contributed by atoms with E-state index >= 15 is 0 Å². The molecule has 0 unspecified atom stereocenters. The molecule has 1 amide bonds. The molecule has 0 aliphatic heterocycles. The molecular weight excluding hydrogens is 400 g/mol. The number of anilines is 1. The predicted molar refractivity (Wildman–Crippen MR) is 118 cm³/mol. The van der Waals surface area contributed by atoms with Gasteiger partial charge in [0.25, 0.3) is 0 Å². The molecule has 0 atom stereocenters. The summed E-state index contributed by atoms with van der Waals surface area (Å²) in [5.74, 6) is 0.339. The topological polar surface area (TPSA) is 77.5 Å². The van der Waals surface area contributed by atoms with Crippen molar-refractivity contribution >= 4 is 28.3 Å². The van der Waals surface area contributed by atoms with Gasteiger partial charge in [0.2, 0.25) is 5.91 Å². The first-order valence-electron chi connectivity index (χ1n) is 9.84. The fraction of sp³-hybridized carbons (Fsp3) is 0.261. The zero-order valence-corrected chi connectivity index (χ0v) is 17.6. The summed E-state index contributed by atoms with van der Waals surface area (Å²) in [6.45, 7) is 2.56. The van der Waals surface area contributed by atoms with Gasteiger partial charge in [0.1, 0.15) is 5.75 Å². The molecular formula is C23H24N2O4S. The number of amides is 1. The predicted octanol–water partition coefficient (Wildman–Crippen LogP) is 4.71. The Balaban J connectivity index is 1.60. The van der Waals surface area contributed by atoms with E-state index in [1.54, 1.807) is 6.92 Å². The SMILES string of the molecule is CCOC(=O)Cc1sc(NC(=O)CCCOc2ccccc2)nc1-c1ccccc1. The number of thiazole rings is 1. The molecule has 156 valence electrons. The lowest BCUT2D eigenvalue weighted by Gasteiger charge is -2.05. The quantitative estimate of drug-likeness (QED) is 0.377. The van der Waals surface area contributed by atoms with Crippen LogP contribution in [0.2, 0.25) is 0 Å². The van der Waals surface area contributed by atoms with Gasteiger partial charge < -0.3 is 14.8 Å². The van der Waals surface area contributed by atoms with E-state index in [-0.39, 0.29) is 18.3 Å². The lowest BCUT2D eigenvalue weighted by atomic mass is 10.1. The normalized spacial score (nSPS) is 10.4. The Morgan fingerprint density at radius 3 is 2.43 bits per heavy atom. The van der Waals surface area contributed by atoms with Gasteiger partial charge >= 0.3 is 5.97 Å². The average molecular weight is 425 g/mol. The average Bonchev–Trinajstić information content (AvgIpc) is 3.14. The van der Waals surface area contributed by atoms with Gasteiger partial charge in [-0.15, -0.1) is 11.3 Å². The summed E-state index contributed by atoms with van der Waals surface area (Å²) in [6, 6.07) is 19.1. The van der Waals surface area contributed by atoms with Crippen molar-refractivity contribution < 1.29 is 19.1 Å². The van der Waals surface area contributed by atoms with Gasteiger partial charge in [-0.3, -0.25) is 9.59 Å². The minimum absolute atomic E-state index is 0.122. The number of rotatable bonds is 10. The molecule has 0 aliphatic carbocycles. The van der Waals surface area contributed by atoms with Crippen molar-refractivity contribution in [1.29, 1.82) is 0 Å². The van der Waals surface area contributed by atoms with Gasteiger partial charge in [0.15, 0.2) is 5.13 Å². The minimum atomic E-state index is -0.311. The summed E-state index contributed by atoms with van der Waals surface area (Å²) < 4.78 is 10.7. The molecule has 3 aromatic rings. The van der Waals surface area contributed by atoms with Crippen LogP contribution in [-0.4, -0.2) is 30.1 Å². The molecule has 0 saturated carbocycles. The Bertz CT molecular complexity index is 958. The molecule has 1 N–H and O–H groups in total. The highest BCUT2D eigenvalue weighted by Crippen LogP contribution is 2.32. The van der Waals surface area contributed by atoms with Crippen LogP contribution in [0.25, 0.3) is 11.3 Å². The van der Waals surface area contributed by atoms with E-state index in [2.05, 4.69) is 10.3 Å². The van der Waals surface area contributed by atoms with Crippen LogP contribution in [-0.2, 0) is 20.7 Å². The maximum absolute atomic E-state index is 12.3. The molecule has 2 aromatic carbocycles. The summed E-state index contributed by atoms with van der Waals surface area (Å²) >= 11 is 1.30. The number of aromatic nitrogens is 1. The molecule has 0 fully saturated rings. The number of benzene rings is 2. The van der Waals surface area contributed by atoms with Gasteiger partial charge in [-0.25, -0.2) is 4.98 Å². The van der Waals surface area contributed by atoms with Crippen molar-refractivity contribution in [3.05, 3.63) is 65.5 Å². The molecule has 0 bridgehead atoms. The van der Waals surface area contributed by atoms with Gasteiger partial charge in [0.05, 0.1) is 25.3 Å². The number of nitrogens with one attached hydrogen (secondary N) is 1. The number of esters is 1. The van der Waals surface area contributed by atoms with Crippen molar-refractivity contribution in [2.75, 3.05) is 18.5 Å². The first-order valence-corrected chi connectivity index (χ1v) is 10.7. The number of hydrogen-bond donors (Lipinski definition) is 1. The van der Waals surface area contributed by atoms with E-state index in [0.29, 0.717) is 36.9 Å². The first kappa shape index (κ1) is 21.5. The second-order valence-corrected chi connectivity index (χ2v) is 7.54. The zero-order chi connectivity index (χ0) is 21.2. The monoisotopic (exact) mass is 424 g/mol. The number of hydrogen-bond acceptors (Lipinski definition) is 6. The van der Waals surface area contributed by atoms with Gasteiger partial charge in [-0.05, 0) is 25.5 Å². The van der Waals surface area contributed by atoms with Crippen LogP contribution >= 0.6 is 11.3 Å². The fourth-order valence-corrected chi connectivity index (χ4v) is 3.80.